The van der Waals surface area contributed by atoms with Crippen molar-refractivity contribution >= 4 is 5.96 Å². The number of guanidine groups is 1. The number of aliphatic imine (C=N–C) groups is 1. The molecule has 0 aliphatic carbocycles. The summed E-state index contributed by atoms with van der Waals surface area (Å²) in [5.41, 5.74) is 6.97. The van der Waals surface area contributed by atoms with Crippen LogP contribution in [0.15, 0.2) is 35.3 Å². The molecule has 0 heterocycles. The van der Waals surface area contributed by atoms with E-state index in [1.807, 2.05) is 30.3 Å². The first-order chi connectivity index (χ1) is 7.33. The Bertz CT molecular complexity index is 301. The Balaban J connectivity index is 2.13. The van der Waals surface area contributed by atoms with Gasteiger partial charge in [-0.2, -0.15) is 0 Å². The van der Waals surface area contributed by atoms with Crippen LogP contribution < -0.4 is 16.0 Å². The Morgan fingerprint density at radius 1 is 1.40 bits per heavy atom. The number of hydroxylamine groups is 1. The van der Waals surface area contributed by atoms with Gasteiger partial charge in [0.15, 0.2) is 0 Å². The molecule has 0 saturated heterocycles. The van der Waals surface area contributed by atoms with Crippen molar-refractivity contribution in [2.45, 2.75) is 6.42 Å². The smallest absolute Gasteiger partial charge is 0.212 e. The van der Waals surface area contributed by atoms with Crippen LogP contribution >= 0.6 is 0 Å². The highest BCUT2D eigenvalue weighted by molar-refractivity contribution is 5.76. The number of benzene rings is 1. The number of hydrogen-bond acceptors (Lipinski definition) is 3. The molecule has 1 aromatic carbocycles. The summed E-state index contributed by atoms with van der Waals surface area (Å²) in [7, 11) is 0. The number of nitrogens with two attached hydrogens (primary N) is 1. The molecule has 0 bridgehead atoms. The van der Waals surface area contributed by atoms with E-state index in [1.54, 1.807) is 5.48 Å². The fourth-order valence-corrected chi connectivity index (χ4v) is 1.01. The molecule has 15 heavy (non-hydrogen) atoms. The lowest BCUT2D eigenvalue weighted by Gasteiger charge is -2.04. The van der Waals surface area contributed by atoms with Crippen LogP contribution in [0.2, 0.25) is 0 Å². The molecule has 1 rings (SSSR count). The van der Waals surface area contributed by atoms with E-state index in [1.165, 1.54) is 0 Å². The Morgan fingerprint density at radius 2 is 2.13 bits per heavy atom. The minimum Gasteiger partial charge on any atom is -0.494 e. The predicted molar refractivity (Wildman–Crippen MR) is 58.0 cm³/mol. The van der Waals surface area contributed by atoms with E-state index in [2.05, 4.69) is 4.99 Å². The number of nitrogens with zero attached hydrogens (tertiary/aromatic N) is 1. The van der Waals surface area contributed by atoms with E-state index in [0.717, 1.165) is 12.2 Å². The fourth-order valence-electron chi connectivity index (χ4n) is 1.01. The summed E-state index contributed by atoms with van der Waals surface area (Å²) in [4.78, 5) is 3.83. The molecule has 0 spiro atoms. The van der Waals surface area contributed by atoms with Gasteiger partial charge < -0.3 is 10.5 Å². The first-order valence-electron chi connectivity index (χ1n) is 4.71. The quantitative estimate of drug-likeness (QED) is 0.289. The zero-order valence-corrected chi connectivity index (χ0v) is 8.39. The summed E-state index contributed by atoms with van der Waals surface area (Å²) in [5.74, 6) is 0.865. The number of para-hydroxylation sites is 1. The molecule has 0 saturated carbocycles. The summed E-state index contributed by atoms with van der Waals surface area (Å²) in [6.07, 6.45) is 0.747. The second kappa shape index (κ2) is 6.67. The van der Waals surface area contributed by atoms with Gasteiger partial charge in [0.2, 0.25) is 5.96 Å². The fraction of sp³-hybridized carbons (Fsp3) is 0.300. The average Bonchev–Trinajstić information content (AvgIpc) is 2.29. The standard InChI is InChI=1S/C10H15N3O2/c11-10(13-14)12-7-4-8-15-9-5-2-1-3-6-9/h1-3,5-6,14H,4,7-8H2,(H3,11,12,13). The van der Waals surface area contributed by atoms with Gasteiger partial charge in [0.1, 0.15) is 5.75 Å². The van der Waals surface area contributed by atoms with Crippen LogP contribution in [0.25, 0.3) is 0 Å². The maximum Gasteiger partial charge on any atom is 0.212 e. The maximum absolute atomic E-state index is 8.33. The summed E-state index contributed by atoms with van der Waals surface area (Å²) in [6.45, 7) is 1.10. The lowest BCUT2D eigenvalue weighted by Crippen LogP contribution is -2.28. The van der Waals surface area contributed by atoms with Crippen molar-refractivity contribution in [3.05, 3.63) is 30.3 Å². The maximum atomic E-state index is 8.33. The Morgan fingerprint density at radius 3 is 2.80 bits per heavy atom. The van der Waals surface area contributed by atoms with Crippen LogP contribution in [0, 0.1) is 0 Å². The molecule has 4 N–H and O–H groups in total. The minimum atomic E-state index is 0.0229. The number of rotatable bonds is 5. The highest BCUT2D eigenvalue weighted by atomic mass is 16.5. The molecule has 0 atom stereocenters. The van der Waals surface area contributed by atoms with E-state index in [0.29, 0.717) is 13.2 Å². The van der Waals surface area contributed by atoms with E-state index in [-0.39, 0.29) is 5.96 Å². The molecule has 0 amide bonds. The molecule has 0 aliphatic rings. The van der Waals surface area contributed by atoms with Crippen LogP contribution in [0.5, 0.6) is 5.75 Å². The molecule has 82 valence electrons. The van der Waals surface area contributed by atoms with Gasteiger partial charge in [-0.25, -0.2) is 5.48 Å². The monoisotopic (exact) mass is 209 g/mol. The van der Waals surface area contributed by atoms with Gasteiger partial charge >= 0.3 is 0 Å². The highest BCUT2D eigenvalue weighted by Crippen LogP contribution is 2.08. The molecule has 1 aromatic rings. The molecule has 5 nitrogen and oxygen atoms in total. The second-order valence-electron chi connectivity index (χ2n) is 2.89. The summed E-state index contributed by atoms with van der Waals surface area (Å²) < 4.78 is 5.43. The third-order valence-electron chi connectivity index (χ3n) is 1.71. The van der Waals surface area contributed by atoms with Gasteiger partial charge in [0.05, 0.1) is 6.61 Å². The summed E-state index contributed by atoms with van der Waals surface area (Å²) in [6, 6.07) is 9.56. The SMILES string of the molecule is NC(=NCCCOc1ccccc1)NO. The van der Waals surface area contributed by atoms with Gasteiger partial charge in [0, 0.05) is 13.0 Å². The molecular formula is C10H15N3O2. The van der Waals surface area contributed by atoms with Crippen LogP contribution in [0.3, 0.4) is 0 Å². The zero-order chi connectivity index (χ0) is 10.9. The van der Waals surface area contributed by atoms with Crippen molar-refractivity contribution in [2.75, 3.05) is 13.2 Å². The largest absolute Gasteiger partial charge is 0.494 e. The lowest BCUT2D eigenvalue weighted by atomic mass is 10.3. The first-order valence-corrected chi connectivity index (χ1v) is 4.71. The van der Waals surface area contributed by atoms with E-state index < -0.39 is 0 Å². The third-order valence-corrected chi connectivity index (χ3v) is 1.71. The molecular weight excluding hydrogens is 194 g/mol. The van der Waals surface area contributed by atoms with Gasteiger partial charge in [0.25, 0.3) is 0 Å². The number of ether oxygens (including phenoxy) is 1. The molecule has 0 unspecified atom stereocenters. The molecule has 0 radical (unpaired) electrons. The van der Waals surface area contributed by atoms with Crippen molar-refractivity contribution < 1.29 is 9.94 Å². The number of nitrogens with one attached hydrogen (secondary N) is 1. The highest BCUT2D eigenvalue weighted by Gasteiger charge is 1.91. The zero-order valence-electron chi connectivity index (χ0n) is 8.39. The number of hydrogen-bond donors (Lipinski definition) is 3. The molecule has 0 aliphatic heterocycles. The van der Waals surface area contributed by atoms with Gasteiger partial charge in [-0.05, 0) is 12.1 Å². The van der Waals surface area contributed by atoms with Crippen LogP contribution in [0.1, 0.15) is 6.42 Å². The predicted octanol–water partition coefficient (Wildman–Crippen LogP) is 0.749. The van der Waals surface area contributed by atoms with Crippen LogP contribution in [-0.4, -0.2) is 24.3 Å². The van der Waals surface area contributed by atoms with Crippen LogP contribution in [0.4, 0.5) is 0 Å². The van der Waals surface area contributed by atoms with E-state index >= 15 is 0 Å². The van der Waals surface area contributed by atoms with E-state index in [9.17, 15) is 0 Å². The summed E-state index contributed by atoms with van der Waals surface area (Å²) >= 11 is 0. The van der Waals surface area contributed by atoms with Crippen molar-refractivity contribution in [2.24, 2.45) is 10.7 Å². The Labute approximate surface area is 88.5 Å². The third kappa shape index (κ3) is 4.87. The minimum absolute atomic E-state index is 0.0229. The van der Waals surface area contributed by atoms with Crippen molar-refractivity contribution in [1.29, 1.82) is 0 Å². The Hall–Kier alpha value is -1.75. The average molecular weight is 209 g/mol. The molecule has 5 heteroatoms. The second-order valence-corrected chi connectivity index (χ2v) is 2.89. The van der Waals surface area contributed by atoms with E-state index in [4.69, 9.17) is 15.7 Å². The first kappa shape index (κ1) is 11.3. The van der Waals surface area contributed by atoms with Crippen molar-refractivity contribution in [1.82, 2.24) is 5.48 Å². The topological polar surface area (TPSA) is 79.9 Å². The van der Waals surface area contributed by atoms with Crippen LogP contribution in [-0.2, 0) is 0 Å². The van der Waals surface area contributed by atoms with Crippen molar-refractivity contribution in [3.63, 3.8) is 0 Å². The van der Waals surface area contributed by atoms with Crippen molar-refractivity contribution in [3.8, 4) is 5.75 Å². The van der Waals surface area contributed by atoms with Gasteiger partial charge in [-0.1, -0.05) is 18.2 Å². The lowest BCUT2D eigenvalue weighted by molar-refractivity contribution is 0.232. The Kier molecular flexibility index (Phi) is 5.03. The van der Waals surface area contributed by atoms with Gasteiger partial charge in [-0.3, -0.25) is 10.2 Å². The summed E-state index contributed by atoms with van der Waals surface area (Å²) in [5, 5.41) is 8.33. The van der Waals surface area contributed by atoms with Gasteiger partial charge in [-0.15, -0.1) is 0 Å². The molecule has 0 fully saturated rings. The molecule has 0 aromatic heterocycles. The normalized spacial score (nSPS) is 11.1.